The first kappa shape index (κ1) is 16.8. The Kier molecular flexibility index (Phi) is 5.35. The summed E-state index contributed by atoms with van der Waals surface area (Å²) in [6.45, 7) is 4.27. The van der Waals surface area contributed by atoms with Crippen LogP contribution in [0, 0.1) is 0 Å². The van der Waals surface area contributed by atoms with Gasteiger partial charge in [-0.05, 0) is 51.4 Å². The first-order valence-electron chi connectivity index (χ1n) is 8.56. The van der Waals surface area contributed by atoms with Crippen LogP contribution >= 0.6 is 0 Å². The van der Waals surface area contributed by atoms with Gasteiger partial charge in [0.15, 0.2) is 11.5 Å². The van der Waals surface area contributed by atoms with Gasteiger partial charge in [0.25, 0.3) is 5.56 Å². The summed E-state index contributed by atoms with van der Waals surface area (Å²) in [6, 6.07) is 3.46. The van der Waals surface area contributed by atoms with Gasteiger partial charge in [-0.1, -0.05) is 0 Å². The molecular formula is C18H25N3O3. The van der Waals surface area contributed by atoms with Crippen molar-refractivity contribution in [1.82, 2.24) is 14.5 Å². The van der Waals surface area contributed by atoms with Crippen molar-refractivity contribution in [3.8, 4) is 11.5 Å². The van der Waals surface area contributed by atoms with Gasteiger partial charge >= 0.3 is 0 Å². The predicted molar refractivity (Wildman–Crippen MR) is 94.0 cm³/mol. The van der Waals surface area contributed by atoms with Crippen LogP contribution in [0.2, 0.25) is 0 Å². The lowest BCUT2D eigenvalue weighted by Gasteiger charge is -2.14. The van der Waals surface area contributed by atoms with Crippen LogP contribution in [-0.2, 0) is 6.54 Å². The molecule has 0 unspecified atom stereocenters. The Morgan fingerprint density at radius 1 is 1.04 bits per heavy atom. The molecule has 0 aliphatic carbocycles. The maximum absolute atomic E-state index is 12.7. The molecule has 1 fully saturated rings. The van der Waals surface area contributed by atoms with Gasteiger partial charge in [0, 0.05) is 12.6 Å². The number of ether oxygens (including phenoxy) is 2. The van der Waals surface area contributed by atoms with Crippen molar-refractivity contribution in [2.75, 3.05) is 33.9 Å². The Balaban J connectivity index is 1.71. The summed E-state index contributed by atoms with van der Waals surface area (Å²) in [6.07, 6.45) is 6.36. The first-order chi connectivity index (χ1) is 11.7. The zero-order valence-electron chi connectivity index (χ0n) is 14.5. The molecule has 0 saturated carbocycles. The number of unbranched alkanes of at least 4 members (excludes halogenated alkanes) is 1. The minimum atomic E-state index is -0.0258. The van der Waals surface area contributed by atoms with Crippen molar-refractivity contribution in [3.63, 3.8) is 0 Å². The average Bonchev–Trinajstić information content (AvgIpc) is 3.12. The molecule has 0 atom stereocenters. The smallest absolute Gasteiger partial charge is 0.261 e. The van der Waals surface area contributed by atoms with Crippen LogP contribution in [0.3, 0.4) is 0 Å². The van der Waals surface area contributed by atoms with E-state index in [2.05, 4.69) is 9.88 Å². The van der Waals surface area contributed by atoms with Crippen molar-refractivity contribution in [1.29, 1.82) is 0 Å². The second-order valence-corrected chi connectivity index (χ2v) is 6.22. The molecular weight excluding hydrogens is 306 g/mol. The number of benzene rings is 1. The molecule has 0 bridgehead atoms. The number of methoxy groups -OCH3 is 2. The second kappa shape index (κ2) is 7.66. The van der Waals surface area contributed by atoms with Gasteiger partial charge in [0.1, 0.15) is 0 Å². The lowest BCUT2D eigenvalue weighted by molar-refractivity contribution is 0.326. The van der Waals surface area contributed by atoms with Gasteiger partial charge in [0.2, 0.25) is 0 Å². The molecule has 0 spiro atoms. The Hall–Kier alpha value is -2.08. The standard InChI is InChI=1S/C18H25N3O3/c1-23-16-11-14-15(12-17(16)24-2)19-13-21(18(14)22)10-6-5-9-20-7-3-4-8-20/h11-13H,3-10H2,1-2H3. The van der Waals surface area contributed by atoms with Crippen molar-refractivity contribution in [3.05, 3.63) is 28.8 Å². The third kappa shape index (κ3) is 3.53. The highest BCUT2D eigenvalue weighted by atomic mass is 16.5. The molecule has 1 aromatic carbocycles. The Morgan fingerprint density at radius 3 is 2.42 bits per heavy atom. The maximum Gasteiger partial charge on any atom is 0.261 e. The van der Waals surface area contributed by atoms with E-state index in [0.29, 0.717) is 28.9 Å². The summed E-state index contributed by atoms with van der Waals surface area (Å²) < 4.78 is 12.2. The van der Waals surface area contributed by atoms with E-state index in [9.17, 15) is 4.79 Å². The molecule has 6 nitrogen and oxygen atoms in total. The quantitative estimate of drug-likeness (QED) is 0.729. The SMILES string of the molecule is COc1cc2ncn(CCCCN3CCCC3)c(=O)c2cc1OC. The molecule has 0 N–H and O–H groups in total. The van der Waals surface area contributed by atoms with E-state index in [1.165, 1.54) is 25.9 Å². The van der Waals surface area contributed by atoms with E-state index in [-0.39, 0.29) is 5.56 Å². The Morgan fingerprint density at radius 2 is 1.71 bits per heavy atom. The summed E-state index contributed by atoms with van der Waals surface area (Å²) in [5.74, 6) is 1.14. The number of fused-ring (bicyclic) bond motifs is 1. The molecule has 6 heteroatoms. The zero-order chi connectivity index (χ0) is 16.9. The molecule has 0 amide bonds. The van der Waals surface area contributed by atoms with Gasteiger partial charge in [-0.25, -0.2) is 4.98 Å². The maximum atomic E-state index is 12.7. The van der Waals surface area contributed by atoms with E-state index in [1.54, 1.807) is 37.2 Å². The molecule has 3 rings (SSSR count). The van der Waals surface area contributed by atoms with E-state index >= 15 is 0 Å². The van der Waals surface area contributed by atoms with Crippen molar-refractivity contribution < 1.29 is 9.47 Å². The third-order valence-electron chi connectivity index (χ3n) is 4.65. The van der Waals surface area contributed by atoms with Crippen LogP contribution < -0.4 is 15.0 Å². The third-order valence-corrected chi connectivity index (χ3v) is 4.65. The number of hydrogen-bond acceptors (Lipinski definition) is 5. The van der Waals surface area contributed by atoms with Crippen LogP contribution in [0.5, 0.6) is 11.5 Å². The summed E-state index contributed by atoms with van der Waals surface area (Å²) in [4.78, 5) is 19.6. The fraction of sp³-hybridized carbons (Fsp3) is 0.556. The molecule has 1 saturated heterocycles. The summed E-state index contributed by atoms with van der Waals surface area (Å²) in [7, 11) is 3.14. The molecule has 0 radical (unpaired) electrons. The number of likely N-dealkylation sites (tertiary alicyclic amines) is 1. The van der Waals surface area contributed by atoms with Gasteiger partial charge < -0.3 is 14.4 Å². The topological polar surface area (TPSA) is 56.6 Å². The van der Waals surface area contributed by atoms with Gasteiger partial charge in [-0.3, -0.25) is 9.36 Å². The van der Waals surface area contributed by atoms with Crippen molar-refractivity contribution in [2.45, 2.75) is 32.2 Å². The van der Waals surface area contributed by atoms with Crippen LogP contribution in [0.4, 0.5) is 0 Å². The van der Waals surface area contributed by atoms with Gasteiger partial charge in [-0.15, -0.1) is 0 Å². The summed E-state index contributed by atoms with van der Waals surface area (Å²) in [5.41, 5.74) is 0.605. The molecule has 130 valence electrons. The van der Waals surface area contributed by atoms with E-state index in [4.69, 9.17) is 9.47 Å². The van der Waals surface area contributed by atoms with Gasteiger partial charge in [-0.2, -0.15) is 0 Å². The highest BCUT2D eigenvalue weighted by Gasteiger charge is 2.12. The molecule has 1 aromatic heterocycles. The lowest BCUT2D eigenvalue weighted by atomic mass is 10.2. The minimum absolute atomic E-state index is 0.0258. The zero-order valence-corrected chi connectivity index (χ0v) is 14.5. The molecule has 1 aliphatic rings. The Bertz CT molecular complexity index is 751. The molecule has 1 aliphatic heterocycles. The molecule has 2 aromatic rings. The lowest BCUT2D eigenvalue weighted by Crippen LogP contribution is -2.23. The largest absolute Gasteiger partial charge is 0.493 e. The first-order valence-corrected chi connectivity index (χ1v) is 8.56. The van der Waals surface area contributed by atoms with Gasteiger partial charge in [0.05, 0.1) is 31.4 Å². The minimum Gasteiger partial charge on any atom is -0.493 e. The fourth-order valence-corrected chi connectivity index (χ4v) is 3.27. The number of hydrogen-bond donors (Lipinski definition) is 0. The highest BCUT2D eigenvalue weighted by Crippen LogP contribution is 2.29. The monoisotopic (exact) mass is 331 g/mol. The number of rotatable bonds is 7. The van der Waals surface area contributed by atoms with Crippen molar-refractivity contribution in [2.24, 2.45) is 0 Å². The summed E-state index contributed by atoms with van der Waals surface area (Å²) in [5, 5.41) is 0.565. The Labute approximate surface area is 142 Å². The fourth-order valence-electron chi connectivity index (χ4n) is 3.27. The van der Waals surface area contributed by atoms with Crippen LogP contribution in [0.15, 0.2) is 23.3 Å². The van der Waals surface area contributed by atoms with E-state index in [0.717, 1.165) is 19.4 Å². The normalized spacial score (nSPS) is 15.1. The summed E-state index contributed by atoms with van der Waals surface area (Å²) >= 11 is 0. The number of aryl methyl sites for hydroxylation is 1. The van der Waals surface area contributed by atoms with Crippen LogP contribution in [0.25, 0.3) is 10.9 Å². The molecule has 24 heavy (non-hydrogen) atoms. The second-order valence-electron chi connectivity index (χ2n) is 6.22. The number of aromatic nitrogens is 2. The predicted octanol–water partition coefficient (Wildman–Crippen LogP) is 2.29. The average molecular weight is 331 g/mol. The van der Waals surface area contributed by atoms with Crippen molar-refractivity contribution >= 4 is 10.9 Å². The van der Waals surface area contributed by atoms with E-state index in [1.807, 2.05) is 0 Å². The van der Waals surface area contributed by atoms with Crippen LogP contribution in [0.1, 0.15) is 25.7 Å². The van der Waals surface area contributed by atoms with E-state index < -0.39 is 0 Å². The number of nitrogens with zero attached hydrogens (tertiary/aromatic N) is 3. The van der Waals surface area contributed by atoms with Crippen LogP contribution in [-0.4, -0.2) is 48.3 Å². The highest BCUT2D eigenvalue weighted by molar-refractivity contribution is 5.81. The molecule has 2 heterocycles.